The number of anilines is 1. The maximum atomic E-state index is 12.2. The molecule has 0 aliphatic rings. The van der Waals surface area contributed by atoms with E-state index in [1.54, 1.807) is 6.92 Å². The molecule has 1 amide bonds. The lowest BCUT2D eigenvalue weighted by atomic mass is 10.0. The van der Waals surface area contributed by atoms with Crippen LogP contribution in [-0.4, -0.2) is 22.7 Å². The summed E-state index contributed by atoms with van der Waals surface area (Å²) in [5, 5.41) is 9.11. The summed E-state index contributed by atoms with van der Waals surface area (Å²) in [6.45, 7) is 5.94. The van der Waals surface area contributed by atoms with Crippen LogP contribution >= 0.6 is 11.3 Å². The smallest absolute Gasteiger partial charge is 0.262 e. The molecule has 25 heavy (non-hydrogen) atoms. The van der Waals surface area contributed by atoms with Gasteiger partial charge in [0.05, 0.1) is 5.56 Å². The van der Waals surface area contributed by atoms with E-state index in [9.17, 15) is 4.79 Å². The quantitative estimate of drug-likeness (QED) is 0.714. The first kappa shape index (κ1) is 17.2. The summed E-state index contributed by atoms with van der Waals surface area (Å²) in [5.41, 5.74) is 1.94. The largest absolute Gasteiger partial charge is 0.484 e. The van der Waals surface area contributed by atoms with Gasteiger partial charge >= 0.3 is 0 Å². The molecule has 6 nitrogen and oxygen atoms in total. The van der Waals surface area contributed by atoms with Gasteiger partial charge in [-0.25, -0.2) is 0 Å². The number of aromatic nitrogens is 2. The van der Waals surface area contributed by atoms with Crippen molar-refractivity contribution in [1.82, 2.24) is 10.1 Å². The van der Waals surface area contributed by atoms with Crippen LogP contribution in [-0.2, 0) is 4.79 Å². The molecular weight excluding hydrogens is 338 g/mol. The molecule has 0 unspecified atom stereocenters. The molecule has 0 aliphatic heterocycles. The zero-order valence-corrected chi connectivity index (χ0v) is 15.1. The highest BCUT2D eigenvalue weighted by Crippen LogP contribution is 2.32. The van der Waals surface area contributed by atoms with Crippen LogP contribution in [0, 0.1) is 6.92 Å². The zero-order valence-electron chi connectivity index (χ0n) is 14.3. The molecule has 2 heterocycles. The van der Waals surface area contributed by atoms with Crippen molar-refractivity contribution in [3.05, 3.63) is 47.1 Å². The van der Waals surface area contributed by atoms with Gasteiger partial charge in [-0.15, -0.1) is 11.3 Å². The molecule has 0 radical (unpaired) electrons. The fourth-order valence-corrected chi connectivity index (χ4v) is 3.04. The van der Waals surface area contributed by atoms with Gasteiger partial charge in [0.2, 0.25) is 0 Å². The molecule has 1 aromatic carbocycles. The van der Waals surface area contributed by atoms with Gasteiger partial charge in [-0.1, -0.05) is 31.1 Å². The molecule has 1 N–H and O–H groups in total. The summed E-state index contributed by atoms with van der Waals surface area (Å²) in [7, 11) is 0. The van der Waals surface area contributed by atoms with Crippen molar-refractivity contribution in [2.24, 2.45) is 0 Å². The number of aryl methyl sites for hydroxylation is 1. The third-order valence-corrected chi connectivity index (χ3v) is 4.42. The maximum Gasteiger partial charge on any atom is 0.262 e. The zero-order chi connectivity index (χ0) is 17.8. The highest BCUT2D eigenvalue weighted by atomic mass is 32.1. The summed E-state index contributed by atoms with van der Waals surface area (Å²) in [6.07, 6.45) is 0. The Morgan fingerprint density at radius 3 is 2.68 bits per heavy atom. The molecular formula is C18H19N3O3S. The van der Waals surface area contributed by atoms with Gasteiger partial charge in [0.1, 0.15) is 10.8 Å². The SMILES string of the molecule is Cc1noc(-c2ccsc2NC(=O)COc2ccc(C(C)C)cc2)n1. The molecule has 2 aromatic heterocycles. The summed E-state index contributed by atoms with van der Waals surface area (Å²) >= 11 is 1.39. The number of amides is 1. The van der Waals surface area contributed by atoms with Crippen LogP contribution in [0.4, 0.5) is 5.00 Å². The van der Waals surface area contributed by atoms with Crippen LogP contribution in [0.15, 0.2) is 40.2 Å². The fraction of sp³-hybridized carbons (Fsp3) is 0.278. The number of hydrogen-bond acceptors (Lipinski definition) is 6. The first-order chi connectivity index (χ1) is 12.0. The molecule has 3 aromatic rings. The van der Waals surface area contributed by atoms with E-state index in [1.807, 2.05) is 35.7 Å². The number of ether oxygens (including phenoxy) is 1. The molecule has 0 saturated carbocycles. The van der Waals surface area contributed by atoms with Crippen molar-refractivity contribution in [2.75, 3.05) is 11.9 Å². The molecule has 0 spiro atoms. The van der Waals surface area contributed by atoms with Gasteiger partial charge < -0.3 is 14.6 Å². The molecule has 3 rings (SSSR count). The number of carbonyl (C=O) groups is 1. The first-order valence-electron chi connectivity index (χ1n) is 7.93. The lowest BCUT2D eigenvalue weighted by Crippen LogP contribution is -2.19. The summed E-state index contributed by atoms with van der Waals surface area (Å²) in [4.78, 5) is 16.3. The number of thiophene rings is 1. The minimum atomic E-state index is -0.243. The Bertz CT molecular complexity index is 853. The van der Waals surface area contributed by atoms with Crippen molar-refractivity contribution in [3.8, 4) is 17.2 Å². The number of carbonyl (C=O) groups excluding carboxylic acids is 1. The predicted molar refractivity (Wildman–Crippen MR) is 97.0 cm³/mol. The van der Waals surface area contributed by atoms with E-state index in [2.05, 4.69) is 29.3 Å². The van der Waals surface area contributed by atoms with Crippen LogP contribution in [0.3, 0.4) is 0 Å². The van der Waals surface area contributed by atoms with Gasteiger partial charge in [-0.05, 0) is 42.0 Å². The Morgan fingerprint density at radius 2 is 2.04 bits per heavy atom. The molecule has 130 valence electrons. The molecule has 0 saturated heterocycles. The Morgan fingerprint density at radius 1 is 1.28 bits per heavy atom. The van der Waals surface area contributed by atoms with E-state index in [0.717, 1.165) is 0 Å². The van der Waals surface area contributed by atoms with Crippen molar-refractivity contribution in [2.45, 2.75) is 26.7 Å². The third kappa shape index (κ3) is 4.24. The third-order valence-electron chi connectivity index (χ3n) is 3.59. The molecule has 0 fully saturated rings. The second-order valence-electron chi connectivity index (χ2n) is 5.87. The summed E-state index contributed by atoms with van der Waals surface area (Å²) in [5.74, 6) is 1.82. The van der Waals surface area contributed by atoms with E-state index in [-0.39, 0.29) is 12.5 Å². The Labute approximate surface area is 149 Å². The van der Waals surface area contributed by atoms with Crippen LogP contribution < -0.4 is 10.1 Å². The van der Waals surface area contributed by atoms with Gasteiger partial charge in [-0.2, -0.15) is 4.98 Å². The lowest BCUT2D eigenvalue weighted by Gasteiger charge is -2.09. The molecule has 0 aliphatic carbocycles. The summed E-state index contributed by atoms with van der Waals surface area (Å²) < 4.78 is 10.7. The van der Waals surface area contributed by atoms with E-state index in [1.165, 1.54) is 16.9 Å². The minimum Gasteiger partial charge on any atom is -0.484 e. The van der Waals surface area contributed by atoms with Crippen molar-refractivity contribution in [3.63, 3.8) is 0 Å². The van der Waals surface area contributed by atoms with E-state index >= 15 is 0 Å². The highest BCUT2D eigenvalue weighted by Gasteiger charge is 2.15. The Hall–Kier alpha value is -2.67. The fourth-order valence-electron chi connectivity index (χ4n) is 2.24. The van der Waals surface area contributed by atoms with Gasteiger partial charge in [0.25, 0.3) is 11.8 Å². The Balaban J connectivity index is 1.59. The summed E-state index contributed by atoms with van der Waals surface area (Å²) in [6, 6.07) is 9.60. The van der Waals surface area contributed by atoms with Gasteiger partial charge in [-0.3, -0.25) is 4.79 Å². The number of nitrogens with one attached hydrogen (secondary N) is 1. The second kappa shape index (κ2) is 7.48. The lowest BCUT2D eigenvalue weighted by molar-refractivity contribution is -0.118. The van der Waals surface area contributed by atoms with Crippen LogP contribution in [0.2, 0.25) is 0 Å². The van der Waals surface area contributed by atoms with E-state index in [4.69, 9.17) is 9.26 Å². The number of hydrogen-bond donors (Lipinski definition) is 1. The van der Waals surface area contributed by atoms with Crippen LogP contribution in [0.5, 0.6) is 5.75 Å². The topological polar surface area (TPSA) is 77.2 Å². The minimum absolute atomic E-state index is 0.0682. The van der Waals surface area contributed by atoms with Crippen molar-refractivity contribution in [1.29, 1.82) is 0 Å². The average molecular weight is 357 g/mol. The predicted octanol–water partition coefficient (Wildman–Crippen LogP) is 4.25. The van der Waals surface area contributed by atoms with E-state index in [0.29, 0.717) is 33.9 Å². The normalized spacial score (nSPS) is 10.9. The first-order valence-corrected chi connectivity index (χ1v) is 8.81. The van der Waals surface area contributed by atoms with Crippen molar-refractivity contribution < 1.29 is 14.1 Å². The van der Waals surface area contributed by atoms with Crippen LogP contribution in [0.25, 0.3) is 11.5 Å². The second-order valence-corrected chi connectivity index (χ2v) is 6.79. The number of nitrogens with zero attached hydrogens (tertiary/aromatic N) is 2. The van der Waals surface area contributed by atoms with Crippen LogP contribution in [0.1, 0.15) is 31.2 Å². The average Bonchev–Trinajstić information content (AvgIpc) is 3.22. The monoisotopic (exact) mass is 357 g/mol. The standard InChI is InChI=1S/C18H19N3O3S/c1-11(2)13-4-6-14(7-5-13)23-10-16(22)20-18-15(8-9-25-18)17-19-12(3)21-24-17/h4-9,11H,10H2,1-3H3,(H,20,22). The van der Waals surface area contributed by atoms with Gasteiger partial charge in [0, 0.05) is 0 Å². The van der Waals surface area contributed by atoms with E-state index < -0.39 is 0 Å². The molecule has 0 atom stereocenters. The maximum absolute atomic E-state index is 12.2. The van der Waals surface area contributed by atoms with Crippen molar-refractivity contribution >= 4 is 22.2 Å². The Kier molecular flexibility index (Phi) is 5.14. The number of rotatable bonds is 6. The van der Waals surface area contributed by atoms with Gasteiger partial charge in [0.15, 0.2) is 12.4 Å². The molecule has 0 bridgehead atoms. The molecule has 7 heteroatoms. The number of benzene rings is 1. The highest BCUT2D eigenvalue weighted by molar-refractivity contribution is 7.15.